The number of hydrogen-bond donors (Lipinski definition) is 3. The van der Waals surface area contributed by atoms with Gasteiger partial charge in [-0.2, -0.15) is 5.10 Å². The van der Waals surface area contributed by atoms with Gasteiger partial charge in [-0.1, -0.05) is 24.6 Å². The molecule has 0 saturated heterocycles. The number of pyridine rings is 2. The predicted octanol–water partition coefficient (Wildman–Crippen LogP) is 6.11. The molecule has 7 rings (SSSR count). The van der Waals surface area contributed by atoms with Crippen molar-refractivity contribution in [2.45, 2.75) is 19.3 Å². The van der Waals surface area contributed by atoms with Gasteiger partial charge in [-0.25, -0.2) is 9.37 Å². The lowest BCUT2D eigenvalue weighted by atomic mass is 9.85. The molecule has 2 aromatic carbocycles. The average Bonchev–Trinajstić information content (AvgIpc) is 3.52. The molecular formula is C29H22FN7O. The molecule has 8 nitrogen and oxygen atoms in total. The molecule has 0 atom stereocenters. The van der Waals surface area contributed by atoms with Gasteiger partial charge in [0, 0.05) is 34.8 Å². The number of nitrogens with zero attached hydrogens (tertiary/aromatic N) is 4. The van der Waals surface area contributed by atoms with Crippen molar-refractivity contribution in [2.75, 3.05) is 5.32 Å². The summed E-state index contributed by atoms with van der Waals surface area (Å²) in [7, 11) is 0. The third-order valence-corrected chi connectivity index (χ3v) is 7.15. The van der Waals surface area contributed by atoms with Gasteiger partial charge in [-0.05, 0) is 54.3 Å². The Morgan fingerprint density at radius 2 is 1.71 bits per heavy atom. The third kappa shape index (κ3) is 3.88. The second-order valence-electron chi connectivity index (χ2n) is 9.59. The van der Waals surface area contributed by atoms with Crippen molar-refractivity contribution in [1.29, 1.82) is 0 Å². The largest absolute Gasteiger partial charge is 0.335 e. The van der Waals surface area contributed by atoms with Crippen LogP contribution < -0.4 is 5.32 Å². The Bertz CT molecular complexity index is 1820. The fraction of sp³-hybridized carbons (Fsp3) is 0.138. The van der Waals surface area contributed by atoms with Crippen molar-refractivity contribution in [2.24, 2.45) is 5.92 Å². The topological polar surface area (TPSA) is 112 Å². The summed E-state index contributed by atoms with van der Waals surface area (Å²) in [6, 6.07) is 14.2. The molecule has 1 saturated carbocycles. The van der Waals surface area contributed by atoms with E-state index in [1.807, 2.05) is 24.3 Å². The van der Waals surface area contributed by atoms with Crippen LogP contribution >= 0.6 is 0 Å². The number of anilines is 1. The minimum absolute atomic E-state index is 0.0576. The Morgan fingerprint density at radius 1 is 0.895 bits per heavy atom. The minimum Gasteiger partial charge on any atom is -0.335 e. The molecule has 3 N–H and O–H groups in total. The molecule has 0 unspecified atom stereocenters. The summed E-state index contributed by atoms with van der Waals surface area (Å²) in [4.78, 5) is 29.3. The molecule has 1 fully saturated rings. The van der Waals surface area contributed by atoms with Crippen molar-refractivity contribution in [1.82, 2.24) is 30.1 Å². The number of aromatic nitrogens is 6. The van der Waals surface area contributed by atoms with Gasteiger partial charge in [-0.15, -0.1) is 0 Å². The van der Waals surface area contributed by atoms with E-state index in [2.05, 4.69) is 30.5 Å². The number of nitrogens with one attached hydrogen (secondary N) is 3. The molecule has 1 aliphatic carbocycles. The van der Waals surface area contributed by atoms with E-state index < -0.39 is 0 Å². The molecule has 1 aliphatic rings. The lowest BCUT2D eigenvalue weighted by Crippen LogP contribution is -2.28. The smallest absolute Gasteiger partial charge is 0.227 e. The van der Waals surface area contributed by atoms with Gasteiger partial charge in [0.1, 0.15) is 11.5 Å². The molecular weight excluding hydrogens is 481 g/mol. The first kappa shape index (κ1) is 22.3. The molecule has 0 spiro atoms. The molecule has 0 radical (unpaired) electrons. The average molecular weight is 504 g/mol. The SMILES string of the molecule is O=C(Nc1cncc(-c2ccc3[nH]nc(-c4nc5c(-c6ccc(F)cc6)cncc5[nH]4)c3c2)c1)C1CCC1. The Morgan fingerprint density at radius 3 is 2.53 bits per heavy atom. The summed E-state index contributed by atoms with van der Waals surface area (Å²) >= 11 is 0. The number of fused-ring (bicyclic) bond motifs is 2. The zero-order chi connectivity index (χ0) is 25.6. The Balaban J connectivity index is 1.26. The van der Waals surface area contributed by atoms with Crippen LogP contribution in [-0.4, -0.2) is 36.0 Å². The molecule has 0 aliphatic heterocycles. The fourth-order valence-corrected chi connectivity index (χ4v) is 4.84. The van der Waals surface area contributed by atoms with Crippen LogP contribution in [0.5, 0.6) is 0 Å². The number of amides is 1. The standard InChI is InChI=1S/C29H22FN7O/c30-20-7-4-16(5-8-20)23-14-32-15-25-26(23)35-28(34-25)27-22-11-18(6-9-24(22)36-37-27)19-10-21(13-31-12-19)33-29(38)17-2-1-3-17/h4-15,17H,1-3H2,(H,33,38)(H,34,35)(H,36,37). The second-order valence-corrected chi connectivity index (χ2v) is 9.59. The number of carbonyl (C=O) groups excluding carboxylic acids is 1. The van der Waals surface area contributed by atoms with Crippen LogP contribution in [0.4, 0.5) is 10.1 Å². The predicted molar refractivity (Wildman–Crippen MR) is 144 cm³/mol. The van der Waals surface area contributed by atoms with Crippen molar-refractivity contribution in [3.63, 3.8) is 0 Å². The summed E-state index contributed by atoms with van der Waals surface area (Å²) in [5.74, 6) is 0.463. The van der Waals surface area contributed by atoms with Crippen LogP contribution in [0.25, 0.3) is 55.7 Å². The Labute approximate surface area is 216 Å². The van der Waals surface area contributed by atoms with E-state index in [0.29, 0.717) is 17.2 Å². The van der Waals surface area contributed by atoms with Gasteiger partial charge in [0.2, 0.25) is 5.91 Å². The number of carbonyl (C=O) groups is 1. The van der Waals surface area contributed by atoms with Crippen LogP contribution in [0.15, 0.2) is 73.3 Å². The summed E-state index contributed by atoms with van der Waals surface area (Å²) in [6.45, 7) is 0. The molecule has 4 aromatic heterocycles. The number of benzene rings is 2. The quantitative estimate of drug-likeness (QED) is 0.263. The molecule has 1 amide bonds. The first-order valence-corrected chi connectivity index (χ1v) is 12.5. The highest BCUT2D eigenvalue weighted by Crippen LogP contribution is 2.33. The van der Waals surface area contributed by atoms with Crippen LogP contribution in [0.2, 0.25) is 0 Å². The van der Waals surface area contributed by atoms with Crippen LogP contribution in [-0.2, 0) is 4.79 Å². The van der Waals surface area contributed by atoms with E-state index in [0.717, 1.165) is 63.5 Å². The maximum Gasteiger partial charge on any atom is 0.227 e. The zero-order valence-electron chi connectivity index (χ0n) is 20.2. The normalized spacial score (nSPS) is 13.6. The number of H-pyrrole nitrogens is 2. The van der Waals surface area contributed by atoms with Gasteiger partial charge in [0.05, 0.1) is 34.6 Å². The fourth-order valence-electron chi connectivity index (χ4n) is 4.84. The summed E-state index contributed by atoms with van der Waals surface area (Å²) in [5, 5.41) is 11.5. The number of aromatic amines is 2. The molecule has 6 aromatic rings. The van der Waals surface area contributed by atoms with Gasteiger partial charge in [-0.3, -0.25) is 19.9 Å². The van der Waals surface area contributed by atoms with Gasteiger partial charge in [0.15, 0.2) is 5.82 Å². The second kappa shape index (κ2) is 8.88. The van der Waals surface area contributed by atoms with Crippen molar-refractivity contribution in [3.8, 4) is 33.8 Å². The zero-order valence-corrected chi connectivity index (χ0v) is 20.2. The number of imidazole rings is 1. The highest BCUT2D eigenvalue weighted by molar-refractivity contribution is 5.98. The van der Waals surface area contributed by atoms with Gasteiger partial charge < -0.3 is 10.3 Å². The maximum atomic E-state index is 13.5. The van der Waals surface area contributed by atoms with Crippen molar-refractivity contribution < 1.29 is 9.18 Å². The van der Waals surface area contributed by atoms with Crippen LogP contribution in [0, 0.1) is 11.7 Å². The highest BCUT2D eigenvalue weighted by Gasteiger charge is 2.25. The van der Waals surface area contributed by atoms with E-state index in [4.69, 9.17) is 4.98 Å². The van der Waals surface area contributed by atoms with E-state index in [1.54, 1.807) is 36.9 Å². The van der Waals surface area contributed by atoms with E-state index in [1.165, 1.54) is 12.1 Å². The molecule has 9 heteroatoms. The highest BCUT2D eigenvalue weighted by atomic mass is 19.1. The first-order chi connectivity index (χ1) is 18.6. The molecule has 4 heterocycles. The Kier molecular flexibility index (Phi) is 5.21. The maximum absolute atomic E-state index is 13.5. The van der Waals surface area contributed by atoms with E-state index in [-0.39, 0.29) is 17.6 Å². The van der Waals surface area contributed by atoms with Gasteiger partial charge >= 0.3 is 0 Å². The van der Waals surface area contributed by atoms with Crippen LogP contribution in [0.1, 0.15) is 19.3 Å². The summed E-state index contributed by atoms with van der Waals surface area (Å²) in [5.41, 5.74) is 7.17. The number of hydrogen-bond acceptors (Lipinski definition) is 5. The van der Waals surface area contributed by atoms with Crippen molar-refractivity contribution >= 4 is 33.5 Å². The Hall–Kier alpha value is -4.92. The summed E-state index contributed by atoms with van der Waals surface area (Å²) < 4.78 is 13.5. The van der Waals surface area contributed by atoms with E-state index in [9.17, 15) is 9.18 Å². The number of halogens is 1. The van der Waals surface area contributed by atoms with Gasteiger partial charge in [0.25, 0.3) is 0 Å². The van der Waals surface area contributed by atoms with Crippen LogP contribution in [0.3, 0.4) is 0 Å². The molecule has 0 bridgehead atoms. The lowest BCUT2D eigenvalue weighted by molar-refractivity contribution is -0.122. The third-order valence-electron chi connectivity index (χ3n) is 7.15. The van der Waals surface area contributed by atoms with E-state index >= 15 is 0 Å². The number of rotatable bonds is 5. The molecule has 38 heavy (non-hydrogen) atoms. The minimum atomic E-state index is -0.295. The summed E-state index contributed by atoms with van der Waals surface area (Å²) in [6.07, 6.45) is 9.90. The lowest BCUT2D eigenvalue weighted by Gasteiger charge is -2.24. The molecule has 186 valence electrons. The monoisotopic (exact) mass is 503 g/mol. The first-order valence-electron chi connectivity index (χ1n) is 12.5. The van der Waals surface area contributed by atoms with Crippen molar-refractivity contribution in [3.05, 3.63) is 79.1 Å².